The molecule has 1 aliphatic rings. The van der Waals surface area contributed by atoms with E-state index in [1.807, 2.05) is 6.92 Å². The summed E-state index contributed by atoms with van der Waals surface area (Å²) in [5.41, 5.74) is 0. The number of nitrogens with one attached hydrogen (secondary N) is 1. The molecule has 0 saturated carbocycles. The van der Waals surface area contributed by atoms with Crippen molar-refractivity contribution in [2.75, 3.05) is 19.8 Å². The molecule has 0 radical (unpaired) electrons. The Hall–Kier alpha value is -0.120. The van der Waals surface area contributed by atoms with Crippen LogP contribution in [0.5, 0.6) is 0 Å². The molecule has 1 N–H and O–H groups in total. The summed E-state index contributed by atoms with van der Waals surface area (Å²) in [5, 5.41) is 3.57. The number of hydrogen-bond acceptors (Lipinski definition) is 3. The molecule has 3 heteroatoms. The van der Waals surface area contributed by atoms with Crippen LogP contribution in [0.4, 0.5) is 0 Å². The third kappa shape index (κ3) is 4.81. The first-order chi connectivity index (χ1) is 7.63. The average molecular weight is 229 g/mol. The van der Waals surface area contributed by atoms with E-state index in [0.717, 1.165) is 19.8 Å². The third-order valence-corrected chi connectivity index (χ3v) is 3.23. The van der Waals surface area contributed by atoms with Gasteiger partial charge in [0.1, 0.15) is 0 Å². The molecule has 0 aliphatic carbocycles. The van der Waals surface area contributed by atoms with Crippen LogP contribution in [0.15, 0.2) is 0 Å². The highest BCUT2D eigenvalue weighted by atomic mass is 16.5. The molecule has 1 heterocycles. The van der Waals surface area contributed by atoms with Crippen molar-refractivity contribution in [2.24, 2.45) is 5.92 Å². The van der Waals surface area contributed by atoms with Crippen molar-refractivity contribution in [3.05, 3.63) is 0 Å². The number of ether oxygens (including phenoxy) is 2. The van der Waals surface area contributed by atoms with Crippen LogP contribution in [0.1, 0.15) is 40.5 Å². The standard InChI is InChI=1S/C13H27NO2/c1-5-15-9-13(10(2)3)14-8-12-7-6-11(4)16-12/h10-14H,5-9H2,1-4H3/t11-,12-,13+/m1/s1. The van der Waals surface area contributed by atoms with E-state index in [-0.39, 0.29) is 0 Å². The minimum Gasteiger partial charge on any atom is -0.380 e. The van der Waals surface area contributed by atoms with Gasteiger partial charge in [-0.1, -0.05) is 13.8 Å². The molecule has 0 amide bonds. The first-order valence-corrected chi connectivity index (χ1v) is 6.60. The van der Waals surface area contributed by atoms with Crippen LogP contribution < -0.4 is 5.32 Å². The predicted molar refractivity (Wildman–Crippen MR) is 66.7 cm³/mol. The molecular formula is C13H27NO2. The van der Waals surface area contributed by atoms with E-state index in [0.29, 0.717) is 24.2 Å². The van der Waals surface area contributed by atoms with Gasteiger partial charge in [-0.05, 0) is 32.6 Å². The number of hydrogen-bond donors (Lipinski definition) is 1. The molecule has 1 saturated heterocycles. The fraction of sp³-hybridized carbons (Fsp3) is 1.00. The minimum absolute atomic E-state index is 0.401. The Bertz CT molecular complexity index is 185. The van der Waals surface area contributed by atoms with E-state index < -0.39 is 0 Å². The summed E-state index contributed by atoms with van der Waals surface area (Å²) in [6, 6.07) is 0.444. The van der Waals surface area contributed by atoms with Crippen molar-refractivity contribution in [3.8, 4) is 0 Å². The van der Waals surface area contributed by atoms with Crippen molar-refractivity contribution in [3.63, 3.8) is 0 Å². The Morgan fingerprint density at radius 3 is 2.62 bits per heavy atom. The molecule has 1 fully saturated rings. The second-order valence-corrected chi connectivity index (χ2v) is 5.06. The van der Waals surface area contributed by atoms with Crippen LogP contribution in [-0.4, -0.2) is 38.0 Å². The second-order valence-electron chi connectivity index (χ2n) is 5.06. The maximum Gasteiger partial charge on any atom is 0.0704 e. The monoisotopic (exact) mass is 229 g/mol. The van der Waals surface area contributed by atoms with Crippen molar-refractivity contribution >= 4 is 0 Å². The highest BCUT2D eigenvalue weighted by Gasteiger charge is 2.23. The zero-order valence-electron chi connectivity index (χ0n) is 11.2. The van der Waals surface area contributed by atoms with Crippen LogP contribution in [0.3, 0.4) is 0 Å². The molecule has 16 heavy (non-hydrogen) atoms. The summed E-state index contributed by atoms with van der Waals surface area (Å²) >= 11 is 0. The summed E-state index contributed by atoms with van der Waals surface area (Å²) in [4.78, 5) is 0. The molecular weight excluding hydrogens is 202 g/mol. The number of rotatable bonds is 7. The zero-order chi connectivity index (χ0) is 12.0. The fourth-order valence-electron chi connectivity index (χ4n) is 2.05. The Kier molecular flexibility index (Phi) is 6.32. The van der Waals surface area contributed by atoms with Gasteiger partial charge in [-0.2, -0.15) is 0 Å². The Morgan fingerprint density at radius 2 is 2.12 bits per heavy atom. The highest BCUT2D eigenvalue weighted by Crippen LogP contribution is 2.18. The Labute approximate surface area is 99.9 Å². The molecule has 0 spiro atoms. The van der Waals surface area contributed by atoms with E-state index >= 15 is 0 Å². The van der Waals surface area contributed by atoms with Gasteiger partial charge in [0.15, 0.2) is 0 Å². The summed E-state index contributed by atoms with van der Waals surface area (Å²) in [6.45, 7) is 11.2. The molecule has 1 aliphatic heterocycles. The van der Waals surface area contributed by atoms with Crippen molar-refractivity contribution < 1.29 is 9.47 Å². The van der Waals surface area contributed by atoms with E-state index in [4.69, 9.17) is 9.47 Å². The van der Waals surface area contributed by atoms with Gasteiger partial charge >= 0.3 is 0 Å². The van der Waals surface area contributed by atoms with Crippen molar-refractivity contribution in [1.29, 1.82) is 0 Å². The molecule has 1 rings (SSSR count). The van der Waals surface area contributed by atoms with Gasteiger partial charge in [0.25, 0.3) is 0 Å². The first-order valence-electron chi connectivity index (χ1n) is 6.60. The summed E-state index contributed by atoms with van der Waals surface area (Å²) in [7, 11) is 0. The van der Waals surface area contributed by atoms with Gasteiger partial charge in [0, 0.05) is 19.2 Å². The second kappa shape index (κ2) is 7.25. The third-order valence-electron chi connectivity index (χ3n) is 3.23. The van der Waals surface area contributed by atoms with Crippen molar-refractivity contribution in [1.82, 2.24) is 5.32 Å². The first kappa shape index (κ1) is 13.9. The van der Waals surface area contributed by atoms with Crippen LogP contribution >= 0.6 is 0 Å². The lowest BCUT2D eigenvalue weighted by atomic mass is 10.1. The quantitative estimate of drug-likeness (QED) is 0.726. The predicted octanol–water partition coefficient (Wildman–Crippen LogP) is 2.20. The summed E-state index contributed by atoms with van der Waals surface area (Å²) in [6.07, 6.45) is 3.23. The van der Waals surface area contributed by atoms with Crippen LogP contribution in [0.25, 0.3) is 0 Å². The maximum atomic E-state index is 5.79. The lowest BCUT2D eigenvalue weighted by molar-refractivity contribution is 0.0469. The van der Waals surface area contributed by atoms with Crippen LogP contribution in [0.2, 0.25) is 0 Å². The maximum absolute atomic E-state index is 5.79. The van der Waals surface area contributed by atoms with Gasteiger partial charge in [-0.15, -0.1) is 0 Å². The summed E-state index contributed by atoms with van der Waals surface area (Å²) < 4.78 is 11.3. The molecule has 0 unspecified atom stereocenters. The lowest BCUT2D eigenvalue weighted by Crippen LogP contribution is -2.42. The molecule has 3 nitrogen and oxygen atoms in total. The normalized spacial score (nSPS) is 27.6. The SMILES string of the molecule is CCOC[C@H](NC[C@H]1CC[C@@H](C)O1)C(C)C. The molecule has 96 valence electrons. The smallest absolute Gasteiger partial charge is 0.0704 e. The molecule has 0 aromatic carbocycles. The van der Waals surface area contributed by atoms with Gasteiger partial charge in [-0.25, -0.2) is 0 Å². The molecule has 0 aromatic heterocycles. The lowest BCUT2D eigenvalue weighted by Gasteiger charge is -2.24. The summed E-state index contributed by atoms with van der Waals surface area (Å²) in [5.74, 6) is 0.602. The topological polar surface area (TPSA) is 30.5 Å². The zero-order valence-corrected chi connectivity index (χ0v) is 11.2. The Balaban J connectivity index is 2.21. The van der Waals surface area contributed by atoms with Crippen LogP contribution in [0, 0.1) is 5.92 Å². The highest BCUT2D eigenvalue weighted by molar-refractivity contribution is 4.77. The van der Waals surface area contributed by atoms with Crippen LogP contribution in [-0.2, 0) is 9.47 Å². The van der Waals surface area contributed by atoms with E-state index in [1.54, 1.807) is 0 Å². The van der Waals surface area contributed by atoms with Gasteiger partial charge < -0.3 is 14.8 Å². The molecule has 0 aromatic rings. The van der Waals surface area contributed by atoms with Gasteiger partial charge in [-0.3, -0.25) is 0 Å². The van der Waals surface area contributed by atoms with Gasteiger partial charge in [0.2, 0.25) is 0 Å². The largest absolute Gasteiger partial charge is 0.380 e. The molecule has 0 bridgehead atoms. The van der Waals surface area contributed by atoms with Gasteiger partial charge in [0.05, 0.1) is 18.8 Å². The van der Waals surface area contributed by atoms with E-state index in [9.17, 15) is 0 Å². The molecule has 3 atom stereocenters. The Morgan fingerprint density at radius 1 is 1.38 bits per heavy atom. The van der Waals surface area contributed by atoms with E-state index in [2.05, 4.69) is 26.1 Å². The van der Waals surface area contributed by atoms with E-state index in [1.165, 1.54) is 12.8 Å². The fourth-order valence-corrected chi connectivity index (χ4v) is 2.05. The van der Waals surface area contributed by atoms with Crippen molar-refractivity contribution in [2.45, 2.75) is 58.8 Å². The minimum atomic E-state index is 0.401. The average Bonchev–Trinajstić information content (AvgIpc) is 2.64.